The lowest BCUT2D eigenvalue weighted by atomic mass is 10.0. The molecule has 0 saturated carbocycles. The molecule has 1 rings (SSSR count). The first kappa shape index (κ1) is 12.2. The summed E-state index contributed by atoms with van der Waals surface area (Å²) in [5.74, 6) is -0.0679. The molecule has 0 aromatic rings. The number of carbonyl (C=O) groups is 1. The normalized spacial score (nSPS) is 22.3. The van der Waals surface area contributed by atoms with Gasteiger partial charge in [-0.3, -0.25) is 4.79 Å². The maximum Gasteiger partial charge on any atom is 0.243 e. The van der Waals surface area contributed by atoms with Gasteiger partial charge in [-0.1, -0.05) is 13.0 Å². The zero-order valence-electron chi connectivity index (χ0n) is 9.67. The number of likely N-dealkylation sites (tertiary alicyclic amines) is 1. The monoisotopic (exact) mass is 210 g/mol. The van der Waals surface area contributed by atoms with Crippen molar-refractivity contribution in [1.29, 1.82) is 0 Å². The molecule has 0 aromatic carbocycles. The average Bonchev–Trinajstić information content (AvgIpc) is 2.26. The Labute approximate surface area is 92.5 Å². The Morgan fingerprint density at radius 3 is 3.07 bits per heavy atom. The van der Waals surface area contributed by atoms with E-state index in [2.05, 4.69) is 23.7 Å². The third-order valence-electron chi connectivity index (χ3n) is 3.05. The highest BCUT2D eigenvalue weighted by molar-refractivity contribution is 5.86. The van der Waals surface area contributed by atoms with E-state index >= 15 is 0 Å². The van der Waals surface area contributed by atoms with E-state index in [1.54, 1.807) is 0 Å². The molecule has 0 aromatic heterocycles. The summed E-state index contributed by atoms with van der Waals surface area (Å²) in [5.41, 5.74) is 0. The van der Waals surface area contributed by atoms with E-state index in [0.29, 0.717) is 6.04 Å². The molecule has 1 fully saturated rings. The van der Waals surface area contributed by atoms with Crippen LogP contribution in [0.3, 0.4) is 0 Å². The van der Waals surface area contributed by atoms with Gasteiger partial charge in [-0.05, 0) is 38.8 Å². The Morgan fingerprint density at radius 1 is 1.60 bits per heavy atom. The standard InChI is InChI=1S/C12H22N2O/c1-3-12(15)13-8-6-10-14-9-5-4-7-11(14)2/h3,11H,1,4-10H2,2H3,(H,13,15). The Hall–Kier alpha value is -0.830. The maximum absolute atomic E-state index is 10.9. The summed E-state index contributed by atoms with van der Waals surface area (Å²) in [7, 11) is 0. The van der Waals surface area contributed by atoms with E-state index in [4.69, 9.17) is 0 Å². The van der Waals surface area contributed by atoms with Crippen molar-refractivity contribution in [3.8, 4) is 0 Å². The molecule has 86 valence electrons. The lowest BCUT2D eigenvalue weighted by Crippen LogP contribution is -2.39. The molecular weight excluding hydrogens is 188 g/mol. The molecule has 1 atom stereocenters. The van der Waals surface area contributed by atoms with Crippen molar-refractivity contribution in [2.75, 3.05) is 19.6 Å². The van der Waals surface area contributed by atoms with Gasteiger partial charge in [0.2, 0.25) is 5.91 Å². The van der Waals surface area contributed by atoms with Crippen LogP contribution in [0.15, 0.2) is 12.7 Å². The SMILES string of the molecule is C=CC(=O)NCCCN1CCCCC1C. The van der Waals surface area contributed by atoms with Crippen LogP contribution in [0.25, 0.3) is 0 Å². The molecule has 0 radical (unpaired) electrons. The average molecular weight is 210 g/mol. The summed E-state index contributed by atoms with van der Waals surface area (Å²) in [6.07, 6.45) is 6.36. The molecule has 1 heterocycles. The van der Waals surface area contributed by atoms with E-state index in [0.717, 1.165) is 19.5 Å². The van der Waals surface area contributed by atoms with Gasteiger partial charge in [0.05, 0.1) is 0 Å². The number of amides is 1. The quantitative estimate of drug-likeness (QED) is 0.551. The molecule has 15 heavy (non-hydrogen) atoms. The molecular formula is C12H22N2O. The molecule has 1 N–H and O–H groups in total. The highest BCUT2D eigenvalue weighted by atomic mass is 16.1. The molecule has 1 unspecified atom stereocenters. The van der Waals surface area contributed by atoms with Crippen LogP contribution >= 0.6 is 0 Å². The van der Waals surface area contributed by atoms with Crippen molar-refractivity contribution < 1.29 is 4.79 Å². The smallest absolute Gasteiger partial charge is 0.243 e. The molecule has 1 amide bonds. The molecule has 1 saturated heterocycles. The lowest BCUT2D eigenvalue weighted by Gasteiger charge is -2.33. The second-order valence-electron chi connectivity index (χ2n) is 4.23. The summed E-state index contributed by atoms with van der Waals surface area (Å²) < 4.78 is 0. The van der Waals surface area contributed by atoms with Gasteiger partial charge >= 0.3 is 0 Å². The Balaban J connectivity index is 2.08. The fourth-order valence-corrected chi connectivity index (χ4v) is 2.06. The highest BCUT2D eigenvalue weighted by Crippen LogP contribution is 2.15. The number of rotatable bonds is 5. The number of nitrogens with zero attached hydrogens (tertiary/aromatic N) is 1. The van der Waals surface area contributed by atoms with Crippen molar-refractivity contribution in [2.45, 2.75) is 38.6 Å². The van der Waals surface area contributed by atoms with Gasteiger partial charge in [0.15, 0.2) is 0 Å². The van der Waals surface area contributed by atoms with E-state index in [1.165, 1.54) is 31.9 Å². The van der Waals surface area contributed by atoms with Crippen LogP contribution < -0.4 is 5.32 Å². The zero-order chi connectivity index (χ0) is 11.1. The summed E-state index contributed by atoms with van der Waals surface area (Å²) in [6, 6.07) is 0.717. The third kappa shape index (κ3) is 4.47. The summed E-state index contributed by atoms with van der Waals surface area (Å²) in [5, 5.41) is 2.80. The molecule has 3 nitrogen and oxygen atoms in total. The number of carbonyl (C=O) groups excluding carboxylic acids is 1. The number of nitrogens with one attached hydrogen (secondary N) is 1. The van der Waals surface area contributed by atoms with Crippen LogP contribution in [0.2, 0.25) is 0 Å². The topological polar surface area (TPSA) is 32.3 Å². The fourth-order valence-electron chi connectivity index (χ4n) is 2.06. The van der Waals surface area contributed by atoms with Gasteiger partial charge in [-0.25, -0.2) is 0 Å². The van der Waals surface area contributed by atoms with Crippen molar-refractivity contribution in [3.63, 3.8) is 0 Å². The highest BCUT2D eigenvalue weighted by Gasteiger charge is 2.16. The van der Waals surface area contributed by atoms with Gasteiger partial charge < -0.3 is 10.2 Å². The second-order valence-corrected chi connectivity index (χ2v) is 4.23. The van der Waals surface area contributed by atoms with Crippen LogP contribution in [0.1, 0.15) is 32.6 Å². The van der Waals surface area contributed by atoms with E-state index < -0.39 is 0 Å². The Morgan fingerprint density at radius 2 is 2.40 bits per heavy atom. The predicted molar refractivity (Wildman–Crippen MR) is 62.7 cm³/mol. The van der Waals surface area contributed by atoms with Crippen molar-refractivity contribution in [2.24, 2.45) is 0 Å². The lowest BCUT2D eigenvalue weighted by molar-refractivity contribution is -0.116. The van der Waals surface area contributed by atoms with Crippen molar-refractivity contribution in [3.05, 3.63) is 12.7 Å². The fraction of sp³-hybridized carbons (Fsp3) is 0.750. The minimum Gasteiger partial charge on any atom is -0.353 e. The third-order valence-corrected chi connectivity index (χ3v) is 3.05. The number of hydrogen-bond donors (Lipinski definition) is 1. The molecule has 0 bridgehead atoms. The van der Waals surface area contributed by atoms with Crippen LogP contribution in [0.5, 0.6) is 0 Å². The van der Waals surface area contributed by atoms with Crippen LogP contribution in [-0.4, -0.2) is 36.5 Å². The molecule has 0 spiro atoms. The summed E-state index contributed by atoms with van der Waals surface area (Å²) in [4.78, 5) is 13.4. The molecule has 0 aliphatic carbocycles. The second kappa shape index (κ2) is 6.62. The van der Waals surface area contributed by atoms with E-state index in [1.807, 2.05) is 0 Å². The Bertz CT molecular complexity index is 216. The first-order valence-electron chi connectivity index (χ1n) is 5.88. The zero-order valence-corrected chi connectivity index (χ0v) is 9.67. The molecule has 3 heteroatoms. The van der Waals surface area contributed by atoms with Gasteiger partial charge in [0.25, 0.3) is 0 Å². The minimum absolute atomic E-state index is 0.0679. The van der Waals surface area contributed by atoms with Crippen molar-refractivity contribution in [1.82, 2.24) is 10.2 Å². The van der Waals surface area contributed by atoms with Gasteiger partial charge in [-0.15, -0.1) is 0 Å². The van der Waals surface area contributed by atoms with Crippen LogP contribution in [0.4, 0.5) is 0 Å². The van der Waals surface area contributed by atoms with Crippen molar-refractivity contribution >= 4 is 5.91 Å². The Kier molecular flexibility index (Phi) is 5.40. The van der Waals surface area contributed by atoms with E-state index in [9.17, 15) is 4.79 Å². The number of piperidine rings is 1. The minimum atomic E-state index is -0.0679. The van der Waals surface area contributed by atoms with E-state index in [-0.39, 0.29) is 5.91 Å². The van der Waals surface area contributed by atoms with Crippen LogP contribution in [0, 0.1) is 0 Å². The molecule has 1 aliphatic heterocycles. The van der Waals surface area contributed by atoms with Gasteiger partial charge in [0.1, 0.15) is 0 Å². The maximum atomic E-state index is 10.9. The van der Waals surface area contributed by atoms with Gasteiger partial charge in [0, 0.05) is 19.1 Å². The van der Waals surface area contributed by atoms with Gasteiger partial charge in [-0.2, -0.15) is 0 Å². The first-order chi connectivity index (χ1) is 7.24. The predicted octanol–water partition coefficient (Wildman–Crippen LogP) is 1.55. The molecule has 1 aliphatic rings. The summed E-state index contributed by atoms with van der Waals surface area (Å²) >= 11 is 0. The first-order valence-corrected chi connectivity index (χ1v) is 5.88. The summed E-state index contributed by atoms with van der Waals surface area (Å²) in [6.45, 7) is 8.78. The van der Waals surface area contributed by atoms with Crippen LogP contribution in [-0.2, 0) is 4.79 Å². The number of hydrogen-bond acceptors (Lipinski definition) is 2. The largest absolute Gasteiger partial charge is 0.353 e.